The van der Waals surface area contributed by atoms with E-state index in [1.54, 1.807) is 0 Å². The van der Waals surface area contributed by atoms with Crippen LogP contribution in [-0.4, -0.2) is 4.57 Å². The van der Waals surface area contributed by atoms with Gasteiger partial charge < -0.3 is 8.98 Å². The minimum Gasteiger partial charge on any atom is -0.453 e. The van der Waals surface area contributed by atoms with Crippen LogP contribution in [0.4, 0.5) is 0 Å². The normalized spacial score (nSPS) is 11.9. The summed E-state index contributed by atoms with van der Waals surface area (Å²) >= 11 is 1.85. The Morgan fingerprint density at radius 2 is 1.02 bits per heavy atom. The van der Waals surface area contributed by atoms with E-state index in [-0.39, 0.29) is 0 Å². The van der Waals surface area contributed by atoms with Crippen molar-refractivity contribution < 1.29 is 4.42 Å². The first-order valence-electron chi connectivity index (χ1n) is 17.3. The average Bonchev–Trinajstić information content (AvgIpc) is 3.88. The van der Waals surface area contributed by atoms with Gasteiger partial charge in [-0.3, -0.25) is 0 Å². The summed E-state index contributed by atoms with van der Waals surface area (Å²) in [6.45, 7) is 0. The maximum atomic E-state index is 7.17. The van der Waals surface area contributed by atoms with E-state index in [1.165, 1.54) is 53.2 Å². The molecule has 0 saturated heterocycles. The number of hydrogen-bond acceptors (Lipinski definition) is 2. The minimum atomic E-state index is 0.883. The van der Waals surface area contributed by atoms with E-state index in [0.717, 1.165) is 49.8 Å². The van der Waals surface area contributed by atoms with Gasteiger partial charge in [0.25, 0.3) is 0 Å². The molecule has 11 rings (SSSR count). The van der Waals surface area contributed by atoms with Crippen LogP contribution in [0.25, 0.3) is 103 Å². The van der Waals surface area contributed by atoms with Crippen molar-refractivity contribution in [2.45, 2.75) is 0 Å². The number of para-hydroxylation sites is 2. The Morgan fingerprint density at radius 1 is 0.373 bits per heavy atom. The van der Waals surface area contributed by atoms with E-state index < -0.39 is 0 Å². The summed E-state index contributed by atoms with van der Waals surface area (Å²) in [4.78, 5) is 0. The zero-order chi connectivity index (χ0) is 33.5. The largest absolute Gasteiger partial charge is 0.453 e. The molecule has 3 aromatic heterocycles. The van der Waals surface area contributed by atoms with Gasteiger partial charge in [0.05, 0.1) is 16.7 Å². The van der Waals surface area contributed by atoms with E-state index >= 15 is 0 Å². The van der Waals surface area contributed by atoms with E-state index in [0.29, 0.717) is 0 Å². The quantitative estimate of drug-likeness (QED) is 0.183. The summed E-state index contributed by atoms with van der Waals surface area (Å²) in [5.41, 5.74) is 12.1. The van der Waals surface area contributed by atoms with Crippen LogP contribution in [0.2, 0.25) is 0 Å². The maximum Gasteiger partial charge on any atom is 0.159 e. The molecule has 0 atom stereocenters. The molecule has 0 fully saturated rings. The molecule has 0 bridgehead atoms. The second-order valence-electron chi connectivity index (χ2n) is 13.2. The van der Waals surface area contributed by atoms with Crippen LogP contribution in [0.5, 0.6) is 0 Å². The molecular weight excluding hydrogens is 639 g/mol. The third-order valence-electron chi connectivity index (χ3n) is 10.4. The summed E-state index contributed by atoms with van der Waals surface area (Å²) in [6, 6.07) is 63.5. The first kappa shape index (κ1) is 28.4. The van der Waals surface area contributed by atoms with Crippen molar-refractivity contribution in [1.82, 2.24) is 4.57 Å². The number of fused-ring (bicyclic) bond motifs is 9. The predicted octanol–water partition coefficient (Wildman–Crippen LogP) is 14.1. The van der Waals surface area contributed by atoms with Crippen molar-refractivity contribution in [3.05, 3.63) is 176 Å². The Bertz CT molecular complexity index is 3130. The molecule has 0 aliphatic rings. The molecular formula is C48H29NOS. The van der Waals surface area contributed by atoms with Crippen molar-refractivity contribution in [3.63, 3.8) is 0 Å². The zero-order valence-electron chi connectivity index (χ0n) is 27.5. The molecule has 0 saturated carbocycles. The number of nitrogens with zero attached hydrogens (tertiary/aromatic N) is 1. The van der Waals surface area contributed by atoms with Crippen LogP contribution >= 0.6 is 11.3 Å². The lowest BCUT2D eigenvalue weighted by Gasteiger charge is -2.09. The van der Waals surface area contributed by atoms with Crippen molar-refractivity contribution in [3.8, 4) is 39.1 Å². The molecule has 3 heterocycles. The summed E-state index contributed by atoms with van der Waals surface area (Å²) in [7, 11) is 0. The highest BCUT2D eigenvalue weighted by molar-refractivity contribution is 7.25. The standard InChI is InChI=1S/C48H29NOS/c1-3-12-30(13-4-1)32-22-26-42-39(28-32)36-16-7-9-19-41(36)49(42)43-20-11-18-38-46-34(24-25-35(48(46)50-47(38)43)31-14-5-2-6-15-31)33-23-27-45-40(29-33)37-17-8-10-21-44(37)51-45/h1-29H. The first-order valence-corrected chi connectivity index (χ1v) is 18.2. The van der Waals surface area contributed by atoms with Gasteiger partial charge >= 0.3 is 0 Å². The van der Waals surface area contributed by atoms with Gasteiger partial charge in [-0.05, 0) is 76.3 Å². The highest BCUT2D eigenvalue weighted by Crippen LogP contribution is 2.46. The maximum absolute atomic E-state index is 7.17. The highest BCUT2D eigenvalue weighted by Gasteiger charge is 2.22. The van der Waals surface area contributed by atoms with Crippen molar-refractivity contribution in [1.29, 1.82) is 0 Å². The lowest BCUT2D eigenvalue weighted by atomic mass is 9.94. The second kappa shape index (κ2) is 11.0. The molecule has 0 unspecified atom stereocenters. The van der Waals surface area contributed by atoms with Crippen LogP contribution in [0.15, 0.2) is 180 Å². The summed E-state index contributed by atoms with van der Waals surface area (Å²) in [6.07, 6.45) is 0. The van der Waals surface area contributed by atoms with Crippen LogP contribution in [0, 0.1) is 0 Å². The molecule has 8 aromatic carbocycles. The van der Waals surface area contributed by atoms with Crippen molar-refractivity contribution >= 4 is 75.3 Å². The van der Waals surface area contributed by atoms with E-state index in [1.807, 2.05) is 11.3 Å². The predicted molar refractivity (Wildman–Crippen MR) is 217 cm³/mol. The van der Waals surface area contributed by atoms with Gasteiger partial charge in [0.2, 0.25) is 0 Å². The lowest BCUT2D eigenvalue weighted by molar-refractivity contribution is 0.667. The fourth-order valence-electron chi connectivity index (χ4n) is 8.09. The van der Waals surface area contributed by atoms with E-state index in [2.05, 4.69) is 180 Å². The van der Waals surface area contributed by atoms with Crippen molar-refractivity contribution in [2.24, 2.45) is 0 Å². The molecule has 238 valence electrons. The number of aromatic nitrogens is 1. The minimum absolute atomic E-state index is 0.883. The smallest absolute Gasteiger partial charge is 0.159 e. The molecule has 0 amide bonds. The second-order valence-corrected chi connectivity index (χ2v) is 14.3. The van der Waals surface area contributed by atoms with Crippen LogP contribution < -0.4 is 0 Å². The van der Waals surface area contributed by atoms with Gasteiger partial charge in [0, 0.05) is 47.3 Å². The Morgan fingerprint density at radius 3 is 1.88 bits per heavy atom. The van der Waals surface area contributed by atoms with Crippen LogP contribution in [0.3, 0.4) is 0 Å². The fourth-order valence-corrected chi connectivity index (χ4v) is 9.17. The van der Waals surface area contributed by atoms with Gasteiger partial charge in [-0.2, -0.15) is 0 Å². The number of benzene rings is 8. The summed E-state index contributed by atoms with van der Waals surface area (Å²) in [5, 5.41) is 7.29. The van der Waals surface area contributed by atoms with Crippen LogP contribution in [0.1, 0.15) is 0 Å². The molecule has 0 radical (unpaired) electrons. The molecule has 3 heteroatoms. The molecule has 11 aromatic rings. The molecule has 0 aliphatic heterocycles. The number of furan rings is 1. The third kappa shape index (κ3) is 4.29. The van der Waals surface area contributed by atoms with Gasteiger partial charge in [0.15, 0.2) is 5.58 Å². The van der Waals surface area contributed by atoms with E-state index in [9.17, 15) is 0 Å². The zero-order valence-corrected chi connectivity index (χ0v) is 28.3. The number of rotatable bonds is 4. The van der Waals surface area contributed by atoms with Gasteiger partial charge in [-0.15, -0.1) is 11.3 Å². The highest BCUT2D eigenvalue weighted by atomic mass is 32.1. The Labute approximate surface area is 298 Å². The Kier molecular flexibility index (Phi) is 6.16. The fraction of sp³-hybridized carbons (Fsp3) is 0. The van der Waals surface area contributed by atoms with Crippen molar-refractivity contribution in [2.75, 3.05) is 0 Å². The van der Waals surface area contributed by atoms with Gasteiger partial charge in [0.1, 0.15) is 5.58 Å². The topological polar surface area (TPSA) is 18.1 Å². The summed E-state index contributed by atoms with van der Waals surface area (Å²) in [5.74, 6) is 0. The lowest BCUT2D eigenvalue weighted by Crippen LogP contribution is -1.94. The third-order valence-corrected chi connectivity index (χ3v) is 11.6. The van der Waals surface area contributed by atoms with Crippen LogP contribution in [-0.2, 0) is 0 Å². The molecule has 0 aliphatic carbocycles. The van der Waals surface area contributed by atoms with E-state index in [4.69, 9.17) is 4.42 Å². The molecule has 0 spiro atoms. The molecule has 0 N–H and O–H groups in total. The van der Waals surface area contributed by atoms with Gasteiger partial charge in [-0.1, -0.05) is 127 Å². The monoisotopic (exact) mass is 667 g/mol. The Hall–Kier alpha value is -6.42. The number of thiophene rings is 1. The first-order chi connectivity index (χ1) is 25.3. The molecule has 51 heavy (non-hydrogen) atoms. The number of hydrogen-bond donors (Lipinski definition) is 0. The summed E-state index contributed by atoms with van der Waals surface area (Å²) < 4.78 is 12.2. The van der Waals surface area contributed by atoms with Gasteiger partial charge in [-0.25, -0.2) is 0 Å². The SMILES string of the molecule is c1ccc(-c2ccc3c(c2)c2ccccc2n3-c2cccc3c2oc2c(-c4ccccc4)ccc(-c4ccc5sc6ccccc6c5c4)c23)cc1. The molecule has 2 nitrogen and oxygen atoms in total. The Balaban J connectivity index is 1.21. The average molecular weight is 668 g/mol.